The minimum Gasteiger partial charge on any atom is -0.323 e. The monoisotopic (exact) mass is 290 g/mol. The van der Waals surface area contributed by atoms with Crippen LogP contribution in [0.3, 0.4) is 0 Å². The van der Waals surface area contributed by atoms with Gasteiger partial charge in [0.25, 0.3) is 0 Å². The summed E-state index contributed by atoms with van der Waals surface area (Å²) in [5, 5.41) is 10.8. The fourth-order valence-electron chi connectivity index (χ4n) is 2.38. The number of aromatic nitrogens is 2. The molecule has 1 amide bonds. The molecule has 0 spiro atoms. The van der Waals surface area contributed by atoms with Crippen LogP contribution in [-0.4, -0.2) is 28.3 Å². The van der Waals surface area contributed by atoms with E-state index in [9.17, 15) is 4.79 Å². The SMILES string of the molecule is O=C(Nc1cccc(Cl)c1-n1cccn1)[C@H]1CCCN1. The van der Waals surface area contributed by atoms with Crippen molar-refractivity contribution in [1.82, 2.24) is 15.1 Å². The predicted molar refractivity (Wildman–Crippen MR) is 78.2 cm³/mol. The number of anilines is 1. The summed E-state index contributed by atoms with van der Waals surface area (Å²) in [6.45, 7) is 0.889. The van der Waals surface area contributed by atoms with Gasteiger partial charge in [-0.3, -0.25) is 4.79 Å². The van der Waals surface area contributed by atoms with Crippen LogP contribution in [0.2, 0.25) is 5.02 Å². The normalized spacial score (nSPS) is 18.1. The third-order valence-corrected chi connectivity index (χ3v) is 3.66. The lowest BCUT2D eigenvalue weighted by Gasteiger charge is -2.15. The highest BCUT2D eigenvalue weighted by molar-refractivity contribution is 6.33. The van der Waals surface area contributed by atoms with E-state index in [0.29, 0.717) is 16.4 Å². The zero-order valence-corrected chi connectivity index (χ0v) is 11.6. The second-order valence-corrected chi connectivity index (χ2v) is 5.13. The highest BCUT2D eigenvalue weighted by Crippen LogP contribution is 2.28. The first-order valence-electron chi connectivity index (χ1n) is 6.58. The van der Waals surface area contributed by atoms with Crippen LogP contribution in [0.25, 0.3) is 5.69 Å². The van der Waals surface area contributed by atoms with Crippen LogP contribution in [0.4, 0.5) is 5.69 Å². The van der Waals surface area contributed by atoms with E-state index in [4.69, 9.17) is 11.6 Å². The summed E-state index contributed by atoms with van der Waals surface area (Å²) >= 11 is 6.24. The molecule has 0 radical (unpaired) electrons. The molecule has 2 N–H and O–H groups in total. The van der Waals surface area contributed by atoms with Crippen LogP contribution in [0.5, 0.6) is 0 Å². The van der Waals surface area contributed by atoms with E-state index in [2.05, 4.69) is 15.7 Å². The molecule has 5 nitrogen and oxygen atoms in total. The van der Waals surface area contributed by atoms with Crippen molar-refractivity contribution in [1.29, 1.82) is 0 Å². The molecule has 2 aromatic rings. The van der Waals surface area contributed by atoms with Gasteiger partial charge in [-0.05, 0) is 37.6 Å². The van der Waals surface area contributed by atoms with Crippen LogP contribution in [0, 0.1) is 0 Å². The minimum atomic E-state index is -0.126. The Morgan fingerprint density at radius 2 is 2.35 bits per heavy atom. The third-order valence-electron chi connectivity index (χ3n) is 3.35. The second kappa shape index (κ2) is 5.64. The Morgan fingerprint density at radius 3 is 3.05 bits per heavy atom. The van der Waals surface area contributed by atoms with Crippen LogP contribution in [-0.2, 0) is 4.79 Å². The maximum atomic E-state index is 12.2. The summed E-state index contributed by atoms with van der Waals surface area (Å²) in [6.07, 6.45) is 5.36. The molecule has 1 aliphatic rings. The fourth-order valence-corrected chi connectivity index (χ4v) is 2.64. The van der Waals surface area contributed by atoms with Gasteiger partial charge in [-0.15, -0.1) is 0 Å². The lowest BCUT2D eigenvalue weighted by molar-refractivity contribution is -0.117. The van der Waals surface area contributed by atoms with E-state index >= 15 is 0 Å². The summed E-state index contributed by atoms with van der Waals surface area (Å²) in [6, 6.07) is 7.11. The number of carbonyl (C=O) groups is 1. The molecule has 0 aliphatic carbocycles. The highest BCUT2D eigenvalue weighted by atomic mass is 35.5. The average molecular weight is 291 g/mol. The molecule has 0 unspecified atom stereocenters. The molecule has 0 bridgehead atoms. The van der Waals surface area contributed by atoms with Crippen molar-refractivity contribution >= 4 is 23.2 Å². The number of hydrogen-bond acceptors (Lipinski definition) is 3. The first-order valence-corrected chi connectivity index (χ1v) is 6.96. The van der Waals surface area contributed by atoms with Gasteiger partial charge >= 0.3 is 0 Å². The first-order chi connectivity index (χ1) is 9.75. The fraction of sp³-hybridized carbons (Fsp3) is 0.286. The number of halogens is 1. The van der Waals surface area contributed by atoms with Crippen LogP contribution >= 0.6 is 11.6 Å². The Kier molecular flexibility index (Phi) is 3.71. The summed E-state index contributed by atoms with van der Waals surface area (Å²) in [5.74, 6) is -0.0295. The number of benzene rings is 1. The van der Waals surface area contributed by atoms with Gasteiger partial charge < -0.3 is 10.6 Å². The Labute approximate surface area is 121 Å². The maximum absolute atomic E-state index is 12.2. The van der Waals surface area contributed by atoms with Crippen LogP contribution in [0.1, 0.15) is 12.8 Å². The standard InChI is InChI=1S/C14H15ClN4O/c15-10-4-1-5-11(13(10)19-9-3-8-17-19)18-14(20)12-6-2-7-16-12/h1,3-5,8-9,12,16H,2,6-7H2,(H,18,20)/t12-/m1/s1. The van der Waals surface area contributed by atoms with Crippen molar-refractivity contribution in [3.63, 3.8) is 0 Å². The molecular formula is C14H15ClN4O. The summed E-state index contributed by atoms with van der Waals surface area (Å²) < 4.78 is 1.65. The highest BCUT2D eigenvalue weighted by Gasteiger charge is 2.23. The number of carbonyl (C=O) groups excluding carboxylic acids is 1. The van der Waals surface area contributed by atoms with Crippen LogP contribution in [0.15, 0.2) is 36.7 Å². The first kappa shape index (κ1) is 13.1. The topological polar surface area (TPSA) is 59.0 Å². The van der Waals surface area contributed by atoms with Gasteiger partial charge in [-0.1, -0.05) is 17.7 Å². The van der Waals surface area contributed by atoms with Gasteiger partial charge in [0.2, 0.25) is 5.91 Å². The molecule has 2 heterocycles. The molecule has 1 aliphatic heterocycles. The van der Waals surface area contributed by atoms with Gasteiger partial charge in [0.05, 0.1) is 16.8 Å². The van der Waals surface area contributed by atoms with E-state index in [-0.39, 0.29) is 11.9 Å². The van der Waals surface area contributed by atoms with Gasteiger partial charge in [0.1, 0.15) is 5.69 Å². The maximum Gasteiger partial charge on any atom is 0.241 e. The molecule has 1 aromatic carbocycles. The predicted octanol–water partition coefficient (Wildman–Crippen LogP) is 2.22. The van der Waals surface area contributed by atoms with Crippen molar-refractivity contribution in [3.8, 4) is 5.69 Å². The largest absolute Gasteiger partial charge is 0.323 e. The Hall–Kier alpha value is -1.85. The number of amides is 1. The average Bonchev–Trinajstić information content (AvgIpc) is 3.12. The van der Waals surface area contributed by atoms with E-state index < -0.39 is 0 Å². The number of hydrogen-bond donors (Lipinski definition) is 2. The molecule has 1 fully saturated rings. The van der Waals surface area contributed by atoms with Gasteiger partial charge in [0, 0.05) is 12.4 Å². The molecule has 3 rings (SSSR count). The molecule has 1 aromatic heterocycles. The second-order valence-electron chi connectivity index (χ2n) is 4.72. The number of nitrogens with zero attached hydrogens (tertiary/aromatic N) is 2. The zero-order chi connectivity index (χ0) is 13.9. The molecule has 1 atom stereocenters. The van der Waals surface area contributed by atoms with E-state index in [1.165, 1.54) is 0 Å². The van der Waals surface area contributed by atoms with Gasteiger partial charge in [-0.2, -0.15) is 5.10 Å². The number of nitrogens with one attached hydrogen (secondary N) is 2. The van der Waals surface area contributed by atoms with Gasteiger partial charge in [-0.25, -0.2) is 4.68 Å². The quantitative estimate of drug-likeness (QED) is 0.911. The summed E-state index contributed by atoms with van der Waals surface area (Å²) in [4.78, 5) is 12.2. The van der Waals surface area contributed by atoms with E-state index in [0.717, 1.165) is 19.4 Å². The lowest BCUT2D eigenvalue weighted by Crippen LogP contribution is -2.35. The minimum absolute atomic E-state index is 0.0295. The molecule has 0 saturated carbocycles. The van der Waals surface area contributed by atoms with Crippen molar-refractivity contribution in [2.45, 2.75) is 18.9 Å². The lowest BCUT2D eigenvalue weighted by atomic mass is 10.2. The van der Waals surface area contributed by atoms with Crippen molar-refractivity contribution in [2.24, 2.45) is 0 Å². The number of para-hydroxylation sites is 1. The molecule has 20 heavy (non-hydrogen) atoms. The van der Waals surface area contributed by atoms with Crippen molar-refractivity contribution in [3.05, 3.63) is 41.7 Å². The van der Waals surface area contributed by atoms with Gasteiger partial charge in [0.15, 0.2) is 0 Å². The molecular weight excluding hydrogens is 276 g/mol. The summed E-state index contributed by atoms with van der Waals surface area (Å²) in [7, 11) is 0. The Bertz CT molecular complexity index is 606. The van der Waals surface area contributed by atoms with E-state index in [1.807, 2.05) is 18.2 Å². The molecule has 6 heteroatoms. The zero-order valence-electron chi connectivity index (χ0n) is 10.8. The smallest absolute Gasteiger partial charge is 0.241 e. The number of rotatable bonds is 3. The van der Waals surface area contributed by atoms with E-state index in [1.54, 1.807) is 23.1 Å². The van der Waals surface area contributed by atoms with Crippen LogP contribution < -0.4 is 10.6 Å². The van der Waals surface area contributed by atoms with Crippen molar-refractivity contribution < 1.29 is 4.79 Å². The summed E-state index contributed by atoms with van der Waals surface area (Å²) in [5.41, 5.74) is 1.35. The Morgan fingerprint density at radius 1 is 1.45 bits per heavy atom. The Balaban J connectivity index is 1.89. The van der Waals surface area contributed by atoms with Crippen molar-refractivity contribution in [2.75, 3.05) is 11.9 Å². The molecule has 1 saturated heterocycles. The third kappa shape index (κ3) is 2.55. The molecule has 104 valence electrons.